The second-order valence-corrected chi connectivity index (χ2v) is 8.56. The van der Waals surface area contributed by atoms with Gasteiger partial charge in [-0.05, 0) is 24.6 Å². The lowest BCUT2D eigenvalue weighted by Crippen LogP contribution is -2.01. The number of furan rings is 1. The van der Waals surface area contributed by atoms with Crippen LogP contribution < -0.4 is 0 Å². The molecule has 0 aliphatic carbocycles. The number of hydrogen-bond acceptors (Lipinski definition) is 6. The molecule has 5 aromatic rings. The molecule has 142 valence electrons. The van der Waals surface area contributed by atoms with Gasteiger partial charge in [-0.2, -0.15) is 0 Å². The van der Waals surface area contributed by atoms with Gasteiger partial charge in [0.1, 0.15) is 21.8 Å². The topological polar surface area (TPSA) is 56.0 Å². The summed E-state index contributed by atoms with van der Waals surface area (Å²) in [6.45, 7) is 2.07. The van der Waals surface area contributed by atoms with Gasteiger partial charge in [0.05, 0.1) is 11.1 Å². The second kappa shape index (κ2) is 7.46. The maximum Gasteiger partial charge on any atom is 0.208 e. The number of Topliss-reactive ketones (excluding diaryl/α,β-unsaturated/α-hetero) is 1. The van der Waals surface area contributed by atoms with E-state index in [1.54, 1.807) is 23.7 Å². The van der Waals surface area contributed by atoms with Gasteiger partial charge < -0.3 is 4.42 Å². The first kappa shape index (κ1) is 18.1. The third kappa shape index (κ3) is 3.45. The van der Waals surface area contributed by atoms with Gasteiger partial charge in [-0.3, -0.25) is 4.79 Å². The van der Waals surface area contributed by atoms with Crippen LogP contribution in [0.1, 0.15) is 16.1 Å². The molecular weight excluding hydrogens is 400 g/mol. The molecule has 0 N–H and O–H groups in total. The molecule has 6 heteroatoms. The zero-order valence-electron chi connectivity index (χ0n) is 15.6. The number of thiophene rings is 1. The molecule has 0 unspecified atom stereocenters. The maximum absolute atomic E-state index is 12.7. The minimum Gasteiger partial charge on any atom is -0.453 e. The fourth-order valence-corrected chi connectivity index (χ4v) is 5.09. The van der Waals surface area contributed by atoms with Gasteiger partial charge in [0.2, 0.25) is 5.78 Å². The van der Waals surface area contributed by atoms with Crippen molar-refractivity contribution in [3.05, 3.63) is 77.6 Å². The van der Waals surface area contributed by atoms with Crippen molar-refractivity contribution in [2.24, 2.45) is 0 Å². The number of para-hydroxylation sites is 1. The highest BCUT2D eigenvalue weighted by atomic mass is 32.2. The van der Waals surface area contributed by atoms with Gasteiger partial charge in [0.15, 0.2) is 5.76 Å². The summed E-state index contributed by atoms with van der Waals surface area (Å²) in [6.07, 6.45) is 1.56. The van der Waals surface area contributed by atoms with Gasteiger partial charge in [0, 0.05) is 16.3 Å². The highest BCUT2D eigenvalue weighted by Gasteiger charge is 2.17. The first-order valence-corrected chi connectivity index (χ1v) is 11.0. The number of carbonyl (C=O) groups is 1. The monoisotopic (exact) mass is 416 g/mol. The summed E-state index contributed by atoms with van der Waals surface area (Å²) in [7, 11) is 0. The maximum atomic E-state index is 12.7. The molecule has 0 saturated heterocycles. The summed E-state index contributed by atoms with van der Waals surface area (Å²) < 4.78 is 5.70. The molecule has 0 bridgehead atoms. The molecule has 0 radical (unpaired) electrons. The lowest BCUT2D eigenvalue weighted by atomic mass is 10.1. The van der Waals surface area contributed by atoms with E-state index < -0.39 is 0 Å². The number of fused-ring (bicyclic) bond motifs is 2. The molecule has 0 aliphatic heterocycles. The summed E-state index contributed by atoms with van der Waals surface area (Å²) in [5.74, 6) is 0.591. The fraction of sp³-hybridized carbons (Fsp3) is 0.0870. The number of carbonyl (C=O) groups excluding carboxylic acids is 1. The van der Waals surface area contributed by atoms with E-state index in [4.69, 9.17) is 4.42 Å². The van der Waals surface area contributed by atoms with Gasteiger partial charge in [-0.1, -0.05) is 59.8 Å². The number of nitrogens with zero attached hydrogens (tertiary/aromatic N) is 2. The number of thioether (sulfide) groups is 1. The van der Waals surface area contributed by atoms with E-state index in [0.29, 0.717) is 5.76 Å². The molecule has 0 aliphatic rings. The van der Waals surface area contributed by atoms with E-state index in [0.717, 1.165) is 37.3 Å². The van der Waals surface area contributed by atoms with Gasteiger partial charge in [-0.15, -0.1) is 11.3 Å². The molecule has 0 saturated carbocycles. The van der Waals surface area contributed by atoms with Crippen LogP contribution in [-0.4, -0.2) is 21.5 Å². The highest BCUT2D eigenvalue weighted by Crippen LogP contribution is 2.38. The van der Waals surface area contributed by atoms with Crippen LogP contribution in [0, 0.1) is 6.92 Å². The van der Waals surface area contributed by atoms with Crippen LogP contribution in [0.4, 0.5) is 0 Å². The number of aromatic nitrogens is 2. The molecule has 29 heavy (non-hydrogen) atoms. The van der Waals surface area contributed by atoms with Crippen molar-refractivity contribution in [3.8, 4) is 11.1 Å². The van der Waals surface area contributed by atoms with Crippen molar-refractivity contribution in [3.63, 3.8) is 0 Å². The summed E-state index contributed by atoms with van der Waals surface area (Å²) in [6, 6.07) is 17.9. The fourth-order valence-electron chi connectivity index (χ4n) is 3.23. The standard InChI is InChI=1S/C23H16N2O2S2/c1-14-6-8-15(9-7-14)17-11-28-22-21(17)23(25-13-24-22)29-12-18(26)20-10-16-4-2-3-5-19(16)27-20/h2-11,13H,12H2,1H3. The van der Waals surface area contributed by atoms with Crippen molar-refractivity contribution < 1.29 is 9.21 Å². The average molecular weight is 417 g/mol. The lowest BCUT2D eigenvalue weighted by Gasteiger charge is -2.05. The number of ketones is 1. The Labute approximate surface area is 175 Å². The van der Waals surface area contributed by atoms with Crippen LogP contribution in [-0.2, 0) is 0 Å². The Bertz CT molecular complexity index is 1300. The van der Waals surface area contributed by atoms with Gasteiger partial charge >= 0.3 is 0 Å². The summed E-state index contributed by atoms with van der Waals surface area (Å²) in [5, 5.41) is 4.86. The molecule has 3 heterocycles. The van der Waals surface area contributed by atoms with Crippen LogP contribution in [0.15, 0.2) is 75.7 Å². The van der Waals surface area contributed by atoms with Crippen LogP contribution >= 0.6 is 23.1 Å². The Morgan fingerprint density at radius 3 is 2.76 bits per heavy atom. The number of hydrogen-bond donors (Lipinski definition) is 0. The number of rotatable bonds is 5. The zero-order valence-corrected chi connectivity index (χ0v) is 17.2. The van der Waals surface area contributed by atoms with Crippen LogP contribution in [0.25, 0.3) is 32.3 Å². The molecule has 3 aromatic heterocycles. The van der Waals surface area contributed by atoms with Crippen molar-refractivity contribution in [1.82, 2.24) is 9.97 Å². The van der Waals surface area contributed by atoms with Crippen molar-refractivity contribution in [2.75, 3.05) is 5.75 Å². The Morgan fingerprint density at radius 2 is 1.93 bits per heavy atom. The van der Waals surface area contributed by atoms with E-state index in [1.807, 2.05) is 24.3 Å². The average Bonchev–Trinajstić information content (AvgIpc) is 3.37. The molecule has 0 fully saturated rings. The lowest BCUT2D eigenvalue weighted by molar-refractivity contribution is 0.0994. The largest absolute Gasteiger partial charge is 0.453 e. The molecule has 0 amide bonds. The minimum absolute atomic E-state index is 0.0509. The third-order valence-corrected chi connectivity index (χ3v) is 6.61. The van der Waals surface area contributed by atoms with E-state index >= 15 is 0 Å². The Morgan fingerprint density at radius 1 is 1.10 bits per heavy atom. The molecule has 0 spiro atoms. The van der Waals surface area contributed by atoms with Crippen LogP contribution in [0.5, 0.6) is 0 Å². The second-order valence-electron chi connectivity index (χ2n) is 6.73. The molecule has 2 aromatic carbocycles. The molecule has 4 nitrogen and oxygen atoms in total. The first-order chi connectivity index (χ1) is 14.2. The zero-order chi connectivity index (χ0) is 19.8. The summed E-state index contributed by atoms with van der Waals surface area (Å²) >= 11 is 3.02. The number of benzene rings is 2. The van der Waals surface area contributed by atoms with E-state index in [9.17, 15) is 4.79 Å². The van der Waals surface area contributed by atoms with Crippen molar-refractivity contribution >= 4 is 50.1 Å². The first-order valence-electron chi connectivity index (χ1n) is 9.13. The Balaban J connectivity index is 1.45. The minimum atomic E-state index is -0.0509. The van der Waals surface area contributed by atoms with Gasteiger partial charge in [0.25, 0.3) is 0 Å². The highest BCUT2D eigenvalue weighted by molar-refractivity contribution is 8.00. The predicted molar refractivity (Wildman–Crippen MR) is 119 cm³/mol. The van der Waals surface area contributed by atoms with Crippen LogP contribution in [0.3, 0.4) is 0 Å². The SMILES string of the molecule is Cc1ccc(-c2csc3ncnc(SCC(=O)c4cc5ccccc5o4)c23)cc1. The quantitative estimate of drug-likeness (QED) is 0.189. The third-order valence-electron chi connectivity index (χ3n) is 4.74. The van der Waals surface area contributed by atoms with E-state index in [1.165, 1.54) is 17.3 Å². The molecule has 0 atom stereocenters. The predicted octanol–water partition coefficient (Wildman–Crippen LogP) is 6.39. The van der Waals surface area contributed by atoms with E-state index in [-0.39, 0.29) is 11.5 Å². The molecule has 5 rings (SSSR count). The summed E-state index contributed by atoms with van der Waals surface area (Å²) in [5.41, 5.74) is 4.17. The van der Waals surface area contributed by atoms with Gasteiger partial charge in [-0.25, -0.2) is 9.97 Å². The van der Waals surface area contributed by atoms with Crippen molar-refractivity contribution in [2.45, 2.75) is 11.9 Å². The van der Waals surface area contributed by atoms with Crippen molar-refractivity contribution in [1.29, 1.82) is 0 Å². The van der Waals surface area contributed by atoms with E-state index in [2.05, 4.69) is 46.5 Å². The molecular formula is C23H16N2O2S2. The summed E-state index contributed by atoms with van der Waals surface area (Å²) in [4.78, 5) is 22.5. The smallest absolute Gasteiger partial charge is 0.208 e. The number of aryl methyl sites for hydroxylation is 1. The Kier molecular flexibility index (Phi) is 4.66. The van der Waals surface area contributed by atoms with Crippen LogP contribution in [0.2, 0.25) is 0 Å². The Hall–Kier alpha value is -2.96. The normalized spacial score (nSPS) is 11.3.